The van der Waals surface area contributed by atoms with Crippen LogP contribution in [-0.2, 0) is 0 Å². The van der Waals surface area contributed by atoms with E-state index < -0.39 is 0 Å². The van der Waals surface area contributed by atoms with Gasteiger partial charge in [-0.05, 0) is 25.0 Å². The van der Waals surface area contributed by atoms with E-state index in [1.54, 1.807) is 12.4 Å². The molecule has 2 aromatic rings. The summed E-state index contributed by atoms with van der Waals surface area (Å²) in [5.74, 6) is 2.39. The number of nitrogens with one attached hydrogen (secondary N) is 1. The van der Waals surface area contributed by atoms with Crippen LogP contribution in [0.1, 0.15) is 12.8 Å². The number of benzene rings is 1. The number of unbranched alkanes of at least 4 members (excludes halogenated alkanes) is 1. The third-order valence-electron chi connectivity index (χ3n) is 3.84. The van der Waals surface area contributed by atoms with E-state index in [1.807, 2.05) is 30.3 Å². The first-order valence-corrected chi connectivity index (χ1v) is 8.50. The Morgan fingerprint density at radius 1 is 0.958 bits per heavy atom. The van der Waals surface area contributed by atoms with Gasteiger partial charge in [0.15, 0.2) is 5.82 Å². The number of nitrogens with zero attached hydrogens (tertiary/aromatic N) is 3. The average Bonchev–Trinajstić information content (AvgIpc) is 2.66. The van der Waals surface area contributed by atoms with E-state index >= 15 is 0 Å². The second-order valence-corrected chi connectivity index (χ2v) is 5.67. The van der Waals surface area contributed by atoms with Crippen molar-refractivity contribution in [1.29, 1.82) is 0 Å². The Kier molecular flexibility index (Phi) is 6.25. The van der Waals surface area contributed by atoms with Crippen molar-refractivity contribution in [1.82, 2.24) is 15.3 Å². The fourth-order valence-electron chi connectivity index (χ4n) is 2.54. The van der Waals surface area contributed by atoms with E-state index in [0.717, 1.165) is 50.6 Å². The zero-order chi connectivity index (χ0) is 16.5. The van der Waals surface area contributed by atoms with Gasteiger partial charge in [-0.25, -0.2) is 0 Å². The van der Waals surface area contributed by atoms with Crippen molar-refractivity contribution in [3.05, 3.63) is 42.7 Å². The number of piperazine rings is 1. The monoisotopic (exact) mass is 328 g/mol. The second-order valence-electron chi connectivity index (χ2n) is 5.67. The van der Waals surface area contributed by atoms with Crippen molar-refractivity contribution in [2.24, 2.45) is 0 Å². The fraction of sp³-hybridized carbons (Fsp3) is 0.444. The number of hydrogen-bond acceptors (Lipinski definition) is 6. The lowest BCUT2D eigenvalue weighted by Gasteiger charge is -2.28. The van der Waals surface area contributed by atoms with Gasteiger partial charge >= 0.3 is 0 Å². The Hall–Kier alpha value is -2.34. The van der Waals surface area contributed by atoms with E-state index in [4.69, 9.17) is 9.47 Å². The lowest BCUT2D eigenvalue weighted by molar-refractivity contribution is 0.260. The summed E-state index contributed by atoms with van der Waals surface area (Å²) < 4.78 is 11.4. The molecule has 0 unspecified atom stereocenters. The van der Waals surface area contributed by atoms with Gasteiger partial charge in [0.2, 0.25) is 5.88 Å². The molecule has 6 heteroatoms. The molecular weight excluding hydrogens is 304 g/mol. The maximum absolute atomic E-state index is 5.72. The number of aromatic nitrogens is 2. The molecule has 0 atom stereocenters. The highest BCUT2D eigenvalue weighted by Crippen LogP contribution is 2.15. The van der Waals surface area contributed by atoms with E-state index in [2.05, 4.69) is 20.2 Å². The molecule has 0 radical (unpaired) electrons. The SMILES string of the molecule is c1ccc(OCCCCOc2cncc(N3CCNCC3)n2)cc1. The van der Waals surface area contributed by atoms with E-state index in [1.165, 1.54) is 0 Å². The number of para-hydroxylation sites is 1. The smallest absolute Gasteiger partial charge is 0.234 e. The third-order valence-corrected chi connectivity index (χ3v) is 3.84. The predicted octanol–water partition coefficient (Wildman–Crippen LogP) is 2.12. The Morgan fingerprint density at radius 3 is 2.50 bits per heavy atom. The van der Waals surface area contributed by atoms with Crippen molar-refractivity contribution in [2.45, 2.75) is 12.8 Å². The third kappa shape index (κ3) is 5.09. The molecule has 6 nitrogen and oxygen atoms in total. The summed E-state index contributed by atoms with van der Waals surface area (Å²) in [6, 6.07) is 9.86. The van der Waals surface area contributed by atoms with Gasteiger partial charge in [0.1, 0.15) is 5.75 Å². The molecule has 0 spiro atoms. The van der Waals surface area contributed by atoms with Gasteiger partial charge in [-0.3, -0.25) is 4.98 Å². The van der Waals surface area contributed by atoms with Crippen LogP contribution >= 0.6 is 0 Å². The number of hydrogen-bond donors (Lipinski definition) is 1. The quantitative estimate of drug-likeness (QED) is 0.749. The second kappa shape index (κ2) is 9.08. The summed E-state index contributed by atoms with van der Waals surface area (Å²) in [7, 11) is 0. The van der Waals surface area contributed by atoms with Crippen molar-refractivity contribution in [2.75, 3.05) is 44.3 Å². The van der Waals surface area contributed by atoms with Crippen molar-refractivity contribution in [3.63, 3.8) is 0 Å². The van der Waals surface area contributed by atoms with Crippen molar-refractivity contribution in [3.8, 4) is 11.6 Å². The predicted molar refractivity (Wildman–Crippen MR) is 93.8 cm³/mol. The molecule has 3 rings (SSSR count). The topological polar surface area (TPSA) is 59.5 Å². The average molecular weight is 328 g/mol. The van der Waals surface area contributed by atoms with E-state index in [0.29, 0.717) is 19.1 Å². The van der Waals surface area contributed by atoms with Crippen LogP contribution < -0.4 is 19.7 Å². The van der Waals surface area contributed by atoms with Crippen LogP contribution in [0.4, 0.5) is 5.82 Å². The zero-order valence-electron chi connectivity index (χ0n) is 13.9. The van der Waals surface area contributed by atoms with Crippen molar-refractivity contribution >= 4 is 5.82 Å². The molecule has 1 aliphatic rings. The summed E-state index contributed by atoms with van der Waals surface area (Å²) in [6.45, 7) is 5.18. The summed E-state index contributed by atoms with van der Waals surface area (Å²) in [5, 5.41) is 3.33. The van der Waals surface area contributed by atoms with Crippen LogP contribution in [0.3, 0.4) is 0 Å². The van der Waals surface area contributed by atoms with Crippen LogP contribution in [-0.4, -0.2) is 49.4 Å². The molecule has 1 N–H and O–H groups in total. The summed E-state index contributed by atoms with van der Waals surface area (Å²) >= 11 is 0. The van der Waals surface area contributed by atoms with Crippen LogP contribution in [0.2, 0.25) is 0 Å². The Labute approximate surface area is 142 Å². The normalized spacial score (nSPS) is 14.4. The number of anilines is 1. The lowest BCUT2D eigenvalue weighted by atomic mass is 10.3. The Morgan fingerprint density at radius 2 is 1.71 bits per heavy atom. The number of ether oxygens (including phenoxy) is 2. The minimum Gasteiger partial charge on any atom is -0.494 e. The first kappa shape index (κ1) is 16.5. The first-order chi connectivity index (χ1) is 11.9. The largest absolute Gasteiger partial charge is 0.494 e. The summed E-state index contributed by atoms with van der Waals surface area (Å²) in [4.78, 5) is 11.0. The van der Waals surface area contributed by atoms with Gasteiger partial charge in [0.05, 0.1) is 25.6 Å². The Bertz CT molecular complexity index is 603. The molecule has 128 valence electrons. The molecule has 1 fully saturated rings. The molecule has 1 aliphatic heterocycles. The number of rotatable bonds is 8. The summed E-state index contributed by atoms with van der Waals surface area (Å²) in [6.07, 6.45) is 5.34. The molecular formula is C18H24N4O2. The molecule has 0 aliphatic carbocycles. The highest BCUT2D eigenvalue weighted by molar-refractivity contribution is 5.38. The summed E-state index contributed by atoms with van der Waals surface area (Å²) in [5.41, 5.74) is 0. The van der Waals surface area contributed by atoms with Gasteiger partial charge in [-0.1, -0.05) is 18.2 Å². The van der Waals surface area contributed by atoms with Crippen LogP contribution in [0.15, 0.2) is 42.7 Å². The molecule has 24 heavy (non-hydrogen) atoms. The molecule has 0 saturated carbocycles. The molecule has 1 aromatic heterocycles. The lowest BCUT2D eigenvalue weighted by Crippen LogP contribution is -2.43. The van der Waals surface area contributed by atoms with E-state index in [-0.39, 0.29) is 0 Å². The minimum absolute atomic E-state index is 0.593. The maximum Gasteiger partial charge on any atom is 0.234 e. The molecule has 1 aromatic carbocycles. The standard InChI is InChI=1S/C18H24N4O2/c1-2-6-16(7-3-1)23-12-4-5-13-24-18-15-20-14-17(21-18)22-10-8-19-9-11-22/h1-3,6-7,14-15,19H,4-5,8-13H2. The molecule has 2 heterocycles. The maximum atomic E-state index is 5.72. The molecule has 0 amide bonds. The van der Waals surface area contributed by atoms with Gasteiger partial charge < -0.3 is 19.7 Å². The van der Waals surface area contributed by atoms with Crippen molar-refractivity contribution < 1.29 is 9.47 Å². The van der Waals surface area contributed by atoms with Gasteiger partial charge in [0, 0.05) is 26.2 Å². The van der Waals surface area contributed by atoms with Gasteiger partial charge in [-0.15, -0.1) is 0 Å². The zero-order valence-corrected chi connectivity index (χ0v) is 13.9. The highest BCUT2D eigenvalue weighted by atomic mass is 16.5. The van der Waals surface area contributed by atoms with E-state index in [9.17, 15) is 0 Å². The highest BCUT2D eigenvalue weighted by Gasteiger charge is 2.12. The first-order valence-electron chi connectivity index (χ1n) is 8.50. The van der Waals surface area contributed by atoms with Gasteiger partial charge in [0.25, 0.3) is 0 Å². The molecule has 1 saturated heterocycles. The minimum atomic E-state index is 0.593. The van der Waals surface area contributed by atoms with Crippen LogP contribution in [0, 0.1) is 0 Å². The van der Waals surface area contributed by atoms with Gasteiger partial charge in [-0.2, -0.15) is 4.98 Å². The molecule has 0 bridgehead atoms. The van der Waals surface area contributed by atoms with Crippen LogP contribution in [0.5, 0.6) is 11.6 Å². The van der Waals surface area contributed by atoms with Crippen LogP contribution in [0.25, 0.3) is 0 Å². The Balaban J connectivity index is 1.36. The fourth-order valence-corrected chi connectivity index (χ4v) is 2.54.